The van der Waals surface area contributed by atoms with E-state index >= 15 is 0 Å². The smallest absolute Gasteiger partial charge is 0.159 e. The Morgan fingerprint density at radius 2 is 1.48 bits per heavy atom. The Hall–Kier alpha value is -1.90. The van der Waals surface area contributed by atoms with Gasteiger partial charge in [0.15, 0.2) is 5.82 Å². The lowest BCUT2D eigenvalue weighted by molar-refractivity contribution is 0.177. The molecule has 1 aliphatic rings. The fourth-order valence-electron chi connectivity index (χ4n) is 5.16. The van der Waals surface area contributed by atoms with Crippen molar-refractivity contribution in [1.29, 1.82) is 0 Å². The van der Waals surface area contributed by atoms with E-state index < -0.39 is 0 Å². The summed E-state index contributed by atoms with van der Waals surface area (Å²) in [4.78, 5) is 9.11. The van der Waals surface area contributed by atoms with Crippen molar-refractivity contribution in [2.24, 2.45) is 11.8 Å². The van der Waals surface area contributed by atoms with E-state index in [9.17, 15) is 0 Å². The highest BCUT2D eigenvalue weighted by Crippen LogP contribution is 2.33. The van der Waals surface area contributed by atoms with E-state index in [0.717, 1.165) is 42.5 Å². The average Bonchev–Trinajstić information content (AvgIpc) is 2.84. The molecule has 0 bridgehead atoms. The van der Waals surface area contributed by atoms with Crippen molar-refractivity contribution in [2.45, 2.75) is 111 Å². The van der Waals surface area contributed by atoms with Crippen LogP contribution in [-0.4, -0.2) is 16.6 Å². The average molecular weight is 451 g/mol. The van der Waals surface area contributed by atoms with Gasteiger partial charge in [-0.2, -0.15) is 0 Å². The topological polar surface area (TPSA) is 35.0 Å². The minimum Gasteiger partial charge on any atom is -0.493 e. The third-order valence-corrected chi connectivity index (χ3v) is 7.33. The summed E-state index contributed by atoms with van der Waals surface area (Å²) < 4.78 is 6.26. The molecular weight excluding hydrogens is 404 g/mol. The highest BCUT2D eigenvalue weighted by Gasteiger charge is 2.21. The van der Waals surface area contributed by atoms with Crippen LogP contribution in [0.2, 0.25) is 0 Å². The number of aromatic nitrogens is 2. The second kappa shape index (κ2) is 14.4. The molecule has 1 aromatic carbocycles. The van der Waals surface area contributed by atoms with E-state index in [1.807, 2.05) is 12.4 Å². The van der Waals surface area contributed by atoms with Gasteiger partial charge in [0.05, 0.1) is 6.61 Å². The van der Waals surface area contributed by atoms with Crippen LogP contribution in [-0.2, 0) is 6.42 Å². The van der Waals surface area contributed by atoms with Crippen molar-refractivity contribution < 1.29 is 4.74 Å². The Bertz CT molecular complexity index is 793. The van der Waals surface area contributed by atoms with Gasteiger partial charge in [-0.1, -0.05) is 84.5 Å². The van der Waals surface area contributed by atoms with Crippen LogP contribution in [0.4, 0.5) is 0 Å². The van der Waals surface area contributed by atoms with E-state index in [-0.39, 0.29) is 0 Å². The molecule has 0 spiro atoms. The quantitative estimate of drug-likeness (QED) is 0.270. The summed E-state index contributed by atoms with van der Waals surface area (Å²) in [6, 6.07) is 6.35. The normalized spacial score (nSPS) is 18.4. The monoisotopic (exact) mass is 450 g/mol. The van der Waals surface area contributed by atoms with Gasteiger partial charge in [-0.25, -0.2) is 9.97 Å². The molecule has 0 radical (unpaired) electrons. The van der Waals surface area contributed by atoms with Crippen molar-refractivity contribution in [1.82, 2.24) is 9.97 Å². The molecule has 182 valence electrons. The summed E-state index contributed by atoms with van der Waals surface area (Å²) in [7, 11) is 0. The van der Waals surface area contributed by atoms with Gasteiger partial charge in [0.1, 0.15) is 5.75 Å². The molecule has 1 fully saturated rings. The van der Waals surface area contributed by atoms with Crippen molar-refractivity contribution in [3.05, 3.63) is 41.7 Å². The number of aryl methyl sites for hydroxylation is 2. The van der Waals surface area contributed by atoms with Crippen LogP contribution >= 0.6 is 0 Å². The molecule has 1 aromatic heterocycles. The molecule has 3 nitrogen and oxygen atoms in total. The van der Waals surface area contributed by atoms with Gasteiger partial charge < -0.3 is 4.74 Å². The molecule has 0 atom stereocenters. The molecule has 0 unspecified atom stereocenters. The summed E-state index contributed by atoms with van der Waals surface area (Å²) in [6.45, 7) is 7.46. The van der Waals surface area contributed by atoms with Crippen molar-refractivity contribution >= 4 is 0 Å². The third kappa shape index (κ3) is 8.76. The molecule has 3 heteroatoms. The molecule has 0 amide bonds. The van der Waals surface area contributed by atoms with Crippen molar-refractivity contribution in [3.63, 3.8) is 0 Å². The Morgan fingerprint density at radius 1 is 0.818 bits per heavy atom. The molecule has 1 aliphatic carbocycles. The highest BCUT2D eigenvalue weighted by atomic mass is 16.5. The van der Waals surface area contributed by atoms with Crippen molar-refractivity contribution in [2.75, 3.05) is 6.61 Å². The fraction of sp³-hybridized carbons (Fsp3) is 0.667. The maximum atomic E-state index is 6.26. The second-order valence-electron chi connectivity index (χ2n) is 10.3. The molecule has 0 saturated heterocycles. The lowest BCUT2D eigenvalue weighted by Crippen LogP contribution is -2.20. The summed E-state index contributed by atoms with van der Waals surface area (Å²) in [5.41, 5.74) is 3.44. The molecule has 0 aliphatic heterocycles. The second-order valence-corrected chi connectivity index (χ2v) is 10.3. The zero-order chi connectivity index (χ0) is 23.3. The summed E-state index contributed by atoms with van der Waals surface area (Å²) in [5.74, 6) is 3.47. The SMILES string of the molecule is CCCCCCCCC[C@H]1CC[C@H](COc2ccc(-c3ncc(CCC)cn3)cc2C)CC1. The Labute approximate surface area is 202 Å². The van der Waals surface area contributed by atoms with Gasteiger partial charge in [0.25, 0.3) is 0 Å². The number of hydrogen-bond acceptors (Lipinski definition) is 3. The third-order valence-electron chi connectivity index (χ3n) is 7.33. The Kier molecular flexibility index (Phi) is 11.2. The van der Waals surface area contributed by atoms with Gasteiger partial charge in [0.2, 0.25) is 0 Å². The van der Waals surface area contributed by atoms with Crippen LogP contribution in [0.1, 0.15) is 108 Å². The van der Waals surface area contributed by atoms with Gasteiger partial charge in [0, 0.05) is 18.0 Å². The fourth-order valence-corrected chi connectivity index (χ4v) is 5.16. The summed E-state index contributed by atoms with van der Waals surface area (Å²) in [6.07, 6.45) is 22.9. The number of ether oxygens (including phenoxy) is 1. The van der Waals surface area contributed by atoms with Crippen LogP contribution < -0.4 is 4.74 Å². The molecule has 1 heterocycles. The maximum absolute atomic E-state index is 6.26. The van der Waals surface area contributed by atoms with E-state index in [4.69, 9.17) is 4.74 Å². The largest absolute Gasteiger partial charge is 0.493 e. The lowest BCUT2D eigenvalue weighted by Gasteiger charge is -2.28. The zero-order valence-corrected chi connectivity index (χ0v) is 21.5. The van der Waals surface area contributed by atoms with Gasteiger partial charge >= 0.3 is 0 Å². The van der Waals surface area contributed by atoms with E-state index in [1.54, 1.807) is 0 Å². The Balaban J connectivity index is 1.36. The maximum Gasteiger partial charge on any atom is 0.159 e. The van der Waals surface area contributed by atoms with E-state index in [0.29, 0.717) is 5.92 Å². The minimum absolute atomic E-state index is 0.712. The summed E-state index contributed by atoms with van der Waals surface area (Å²) >= 11 is 0. The molecule has 3 rings (SSSR count). The lowest BCUT2D eigenvalue weighted by atomic mass is 9.80. The van der Waals surface area contributed by atoms with Crippen LogP contribution in [0.15, 0.2) is 30.6 Å². The molecule has 1 saturated carbocycles. The van der Waals surface area contributed by atoms with E-state index in [2.05, 4.69) is 48.9 Å². The predicted molar refractivity (Wildman–Crippen MR) is 140 cm³/mol. The first-order chi connectivity index (χ1) is 16.2. The first-order valence-electron chi connectivity index (χ1n) is 13.7. The Morgan fingerprint density at radius 3 is 2.15 bits per heavy atom. The molecular formula is C30H46N2O. The minimum atomic E-state index is 0.712. The number of rotatable bonds is 14. The molecule has 0 N–H and O–H groups in total. The number of nitrogens with zero attached hydrogens (tertiary/aromatic N) is 2. The van der Waals surface area contributed by atoms with Crippen LogP contribution in [0.3, 0.4) is 0 Å². The summed E-state index contributed by atoms with van der Waals surface area (Å²) in [5, 5.41) is 0. The molecule has 2 aromatic rings. The van der Waals surface area contributed by atoms with Gasteiger partial charge in [-0.05, 0) is 67.3 Å². The van der Waals surface area contributed by atoms with Gasteiger partial charge in [-0.3, -0.25) is 0 Å². The van der Waals surface area contributed by atoms with Crippen LogP contribution in [0.5, 0.6) is 5.75 Å². The molecule has 33 heavy (non-hydrogen) atoms. The number of benzene rings is 1. The number of unbranched alkanes of at least 4 members (excludes halogenated alkanes) is 6. The first kappa shape index (κ1) is 25.7. The van der Waals surface area contributed by atoms with Crippen LogP contribution in [0.25, 0.3) is 11.4 Å². The van der Waals surface area contributed by atoms with Crippen molar-refractivity contribution in [3.8, 4) is 17.1 Å². The zero-order valence-electron chi connectivity index (χ0n) is 21.5. The first-order valence-corrected chi connectivity index (χ1v) is 13.7. The standard InChI is InChI=1S/C30H46N2O/c1-4-6-7-8-9-10-11-13-25-14-16-26(17-15-25)23-33-29-19-18-28(20-24(29)3)30-31-21-27(12-5-2)22-32-30/h18-22,25-26H,4-17,23H2,1-3H3/t25-,26-. The van der Waals surface area contributed by atoms with Gasteiger partial charge in [-0.15, -0.1) is 0 Å². The van der Waals surface area contributed by atoms with Crippen LogP contribution in [0, 0.1) is 18.8 Å². The highest BCUT2D eigenvalue weighted by molar-refractivity contribution is 5.58. The predicted octanol–water partition coefficient (Wildman–Crippen LogP) is 8.73. The number of hydrogen-bond donors (Lipinski definition) is 0. The van der Waals surface area contributed by atoms with E-state index in [1.165, 1.54) is 88.2 Å².